The fraction of sp³-hybridized carbons (Fsp3) is 0.500. The molecule has 234 valence electrons. The van der Waals surface area contributed by atoms with Gasteiger partial charge in [-0.2, -0.15) is 4.98 Å². The minimum Gasteiger partial charge on any atom is -0.387 e. The number of fused-ring (bicyclic) bond motifs is 5. The van der Waals surface area contributed by atoms with Crippen LogP contribution in [0.3, 0.4) is 0 Å². The molecule has 4 aromatic heterocycles. The van der Waals surface area contributed by atoms with Crippen LogP contribution in [0.25, 0.3) is 22.3 Å². The molecule has 0 spiro atoms. The number of nitrogens with zero attached hydrogens (tertiary/aromatic N) is 7. The summed E-state index contributed by atoms with van der Waals surface area (Å²) in [6.07, 6.45) is -8.13. The van der Waals surface area contributed by atoms with E-state index in [2.05, 4.69) is 29.9 Å². The topological polar surface area (TPSA) is 272 Å². The molecular weight excluding hydrogens is 653 g/mol. The van der Waals surface area contributed by atoms with Crippen molar-refractivity contribution in [2.24, 2.45) is 0 Å². The van der Waals surface area contributed by atoms with Crippen LogP contribution in [0.15, 0.2) is 23.8 Å². The highest BCUT2D eigenvalue weighted by atomic mass is 32.5. The maximum atomic E-state index is 15.9. The summed E-state index contributed by atoms with van der Waals surface area (Å²) in [6.45, 7) is -5.38. The number of ether oxygens (including phenoxy) is 2. The standard InChI is InChI=1S/C20H21FN10O10P2S/c21-8-12-7(39-18(8)30-4-26-9-14(22)24-3-25-15(9)30)2-37-43(35,44)41-13-11(32)6(1-36-42(34)40-12)38-19(13)31-5-27-10-16(31)28-20(23)29-17(10)33/h3-8,11-13,18-19,32H,1-2H2,(H5-,22,23,24,25,28,29,33,35,44)/p+1/t6-,7-,8?,11?,12?,13?,18-,19-,43?/m1/s1. The van der Waals surface area contributed by atoms with E-state index < -0.39 is 82.9 Å². The van der Waals surface area contributed by atoms with Crippen LogP contribution in [0.1, 0.15) is 12.5 Å². The first-order chi connectivity index (χ1) is 21.0. The lowest BCUT2D eigenvalue weighted by Gasteiger charge is -2.26. The van der Waals surface area contributed by atoms with Gasteiger partial charge >= 0.3 is 15.0 Å². The number of nitrogen functional groups attached to an aromatic ring is 2. The molecule has 4 aromatic rings. The Balaban J connectivity index is 1.18. The quantitative estimate of drug-likeness (QED) is 0.164. The van der Waals surface area contributed by atoms with Crippen molar-refractivity contribution in [1.29, 1.82) is 0 Å². The van der Waals surface area contributed by atoms with Gasteiger partial charge in [0.15, 0.2) is 47.4 Å². The zero-order valence-electron chi connectivity index (χ0n) is 21.9. The number of alkyl halides is 1. The molecule has 7 heterocycles. The Hall–Kier alpha value is -3.14. The number of aliphatic hydroxyl groups excluding tert-OH is 1. The molecule has 2 bridgehead atoms. The Bertz CT molecular complexity index is 1880. The molecule has 44 heavy (non-hydrogen) atoms. The van der Waals surface area contributed by atoms with Crippen LogP contribution in [0.4, 0.5) is 16.2 Å². The van der Waals surface area contributed by atoms with Crippen molar-refractivity contribution in [3.05, 3.63) is 29.3 Å². The average Bonchev–Trinajstić information content (AvgIpc) is 3.72. The first-order valence-corrected chi connectivity index (χ1v) is 16.4. The summed E-state index contributed by atoms with van der Waals surface area (Å²) in [5, 5.41) is 11.1. The Morgan fingerprint density at radius 1 is 1.05 bits per heavy atom. The molecule has 3 aliphatic heterocycles. The van der Waals surface area contributed by atoms with Gasteiger partial charge in [0.2, 0.25) is 5.95 Å². The molecule has 24 heteroatoms. The van der Waals surface area contributed by atoms with E-state index in [9.17, 15) is 19.4 Å². The number of anilines is 2. The molecule has 0 aliphatic carbocycles. The molecule has 3 fully saturated rings. The third-order valence-corrected chi connectivity index (χ3v) is 9.51. The SMILES string of the molecule is Nc1nc2c(ncn2[C@@H]2O[C@@H]3CO[P+](=O)OC4C(F)[C@H](n5cnc6c(N)ncnc65)O[C@@H]4COP(O)(=S)OC2C3O)c(=O)[nH]1. The number of rotatable bonds is 2. The molecule has 3 aliphatic rings. The Labute approximate surface area is 249 Å². The van der Waals surface area contributed by atoms with Gasteiger partial charge in [-0.3, -0.25) is 23.4 Å². The van der Waals surface area contributed by atoms with Gasteiger partial charge in [0.25, 0.3) is 5.56 Å². The van der Waals surface area contributed by atoms with Gasteiger partial charge < -0.3 is 35.5 Å². The maximum absolute atomic E-state index is 15.9. The van der Waals surface area contributed by atoms with Gasteiger partial charge in [-0.25, -0.2) is 24.3 Å². The summed E-state index contributed by atoms with van der Waals surface area (Å²) in [5.41, 5.74) is 11.1. The summed E-state index contributed by atoms with van der Waals surface area (Å²) >= 11 is 5.21. The van der Waals surface area contributed by atoms with Gasteiger partial charge in [-0.1, -0.05) is 0 Å². The number of hydrogen-bond donors (Lipinski definition) is 5. The number of H-pyrrole nitrogens is 1. The third kappa shape index (κ3) is 5.07. The first-order valence-electron chi connectivity index (χ1n) is 12.7. The van der Waals surface area contributed by atoms with Crippen molar-refractivity contribution in [2.45, 2.75) is 49.1 Å². The summed E-state index contributed by atoms with van der Waals surface area (Å²) in [4.78, 5) is 45.8. The Kier molecular flexibility index (Phi) is 7.41. The molecule has 20 nitrogen and oxygen atoms in total. The van der Waals surface area contributed by atoms with E-state index in [1.807, 2.05) is 0 Å². The van der Waals surface area contributed by atoms with Crippen LogP contribution in [0.2, 0.25) is 0 Å². The van der Waals surface area contributed by atoms with E-state index in [4.69, 9.17) is 50.8 Å². The molecule has 6 unspecified atom stereocenters. The van der Waals surface area contributed by atoms with Crippen molar-refractivity contribution in [3.8, 4) is 0 Å². The van der Waals surface area contributed by atoms with Crippen LogP contribution >= 0.6 is 15.0 Å². The highest BCUT2D eigenvalue weighted by Gasteiger charge is 2.55. The third-order valence-electron chi connectivity index (χ3n) is 7.17. The molecule has 7 rings (SSSR count). The van der Waals surface area contributed by atoms with Crippen LogP contribution in [0, 0.1) is 0 Å². The number of aliphatic hydroxyl groups is 1. The minimum atomic E-state index is -4.25. The van der Waals surface area contributed by atoms with Gasteiger partial charge in [-0.05, 0) is 11.8 Å². The first kappa shape index (κ1) is 29.6. The predicted molar refractivity (Wildman–Crippen MR) is 147 cm³/mol. The second-order valence-corrected chi connectivity index (χ2v) is 13.6. The number of aromatic nitrogens is 8. The number of nitrogens with two attached hydrogens (primary N) is 2. The zero-order valence-corrected chi connectivity index (χ0v) is 24.5. The highest BCUT2D eigenvalue weighted by Crippen LogP contribution is 2.51. The largest absolute Gasteiger partial charge is 0.697 e. The Morgan fingerprint density at radius 3 is 2.57 bits per heavy atom. The van der Waals surface area contributed by atoms with E-state index in [1.165, 1.54) is 28.1 Å². The molecule has 3 saturated heterocycles. The monoisotopic (exact) mass is 675 g/mol. The van der Waals surface area contributed by atoms with E-state index in [1.54, 1.807) is 0 Å². The average molecular weight is 675 g/mol. The second kappa shape index (κ2) is 11.0. The van der Waals surface area contributed by atoms with Crippen molar-refractivity contribution in [2.75, 3.05) is 24.7 Å². The van der Waals surface area contributed by atoms with Crippen LogP contribution in [0.5, 0.6) is 0 Å². The lowest BCUT2D eigenvalue weighted by Crippen LogP contribution is -2.35. The summed E-state index contributed by atoms with van der Waals surface area (Å²) < 4.78 is 64.9. The van der Waals surface area contributed by atoms with Crippen molar-refractivity contribution >= 4 is 60.9 Å². The smallest absolute Gasteiger partial charge is 0.387 e. The van der Waals surface area contributed by atoms with E-state index >= 15 is 4.39 Å². The van der Waals surface area contributed by atoms with Crippen molar-refractivity contribution in [3.63, 3.8) is 0 Å². The predicted octanol–water partition coefficient (Wildman–Crippen LogP) is -0.691. The molecule has 0 aromatic carbocycles. The van der Waals surface area contributed by atoms with Gasteiger partial charge in [-0.15, -0.1) is 9.05 Å². The lowest BCUT2D eigenvalue weighted by molar-refractivity contribution is -0.0583. The van der Waals surface area contributed by atoms with E-state index in [0.717, 1.165) is 0 Å². The molecule has 7 N–H and O–H groups in total. The van der Waals surface area contributed by atoms with Crippen LogP contribution in [-0.4, -0.2) is 98.9 Å². The molecule has 0 radical (unpaired) electrons. The zero-order chi connectivity index (χ0) is 30.9. The number of halogens is 1. The molecule has 0 saturated carbocycles. The van der Waals surface area contributed by atoms with Crippen molar-refractivity contribution < 1.29 is 46.5 Å². The minimum absolute atomic E-state index is 0.0254. The van der Waals surface area contributed by atoms with Gasteiger partial charge in [0.1, 0.15) is 42.9 Å². The summed E-state index contributed by atoms with van der Waals surface area (Å²) in [6, 6.07) is 0. The summed E-state index contributed by atoms with van der Waals surface area (Å²) in [7, 11) is -3.02. The van der Waals surface area contributed by atoms with Gasteiger partial charge in [0.05, 0.1) is 19.3 Å². The van der Waals surface area contributed by atoms with Crippen molar-refractivity contribution in [1.82, 2.24) is 39.0 Å². The Morgan fingerprint density at radius 2 is 1.77 bits per heavy atom. The number of imidazole rings is 2. The highest BCUT2D eigenvalue weighted by molar-refractivity contribution is 8.07. The second-order valence-electron chi connectivity index (χ2n) is 9.85. The van der Waals surface area contributed by atoms with Crippen LogP contribution in [-0.2, 0) is 43.9 Å². The van der Waals surface area contributed by atoms with E-state index in [-0.39, 0.29) is 34.1 Å². The fourth-order valence-electron chi connectivity index (χ4n) is 5.17. The lowest BCUT2D eigenvalue weighted by atomic mass is 10.1. The number of aromatic amines is 1. The fourth-order valence-corrected chi connectivity index (χ4v) is 7.37. The molecule has 0 amide bonds. The molecular formula is C20H22FN10O10P2S+. The maximum Gasteiger partial charge on any atom is 0.697 e. The van der Waals surface area contributed by atoms with Gasteiger partial charge in [0, 0.05) is 4.57 Å². The normalized spacial score (nSPS) is 35.8. The number of hydrogen-bond acceptors (Lipinski definition) is 17. The summed E-state index contributed by atoms with van der Waals surface area (Å²) in [5.74, 6) is -0.159. The molecule has 10 atom stereocenters. The van der Waals surface area contributed by atoms with Crippen LogP contribution < -0.4 is 17.0 Å². The van der Waals surface area contributed by atoms with E-state index in [0.29, 0.717) is 0 Å². The number of nitrogens with one attached hydrogen (secondary N) is 1.